The second-order valence-corrected chi connectivity index (χ2v) is 6.04. The number of anilines is 1. The molecule has 1 aromatic carbocycles. The minimum absolute atomic E-state index is 0. The van der Waals surface area contributed by atoms with E-state index in [2.05, 4.69) is 4.98 Å². The van der Waals surface area contributed by atoms with Crippen molar-refractivity contribution >= 4 is 47.9 Å². The molecular weight excluding hydrogens is 373 g/mol. The molecular formula is C19H23Cl2N3O2. The van der Waals surface area contributed by atoms with Gasteiger partial charge in [-0.15, -0.1) is 24.8 Å². The van der Waals surface area contributed by atoms with Crippen LogP contribution in [-0.4, -0.2) is 24.0 Å². The Bertz CT molecular complexity index is 822. The molecule has 3 aromatic rings. The van der Waals surface area contributed by atoms with Crippen LogP contribution < -0.4 is 10.6 Å². The first kappa shape index (κ1) is 22.0. The van der Waals surface area contributed by atoms with Crippen LogP contribution in [0.4, 0.5) is 5.69 Å². The van der Waals surface area contributed by atoms with E-state index in [1.165, 1.54) is 0 Å². The molecule has 0 radical (unpaired) electrons. The van der Waals surface area contributed by atoms with E-state index in [1.54, 1.807) is 17.4 Å². The third-order valence-corrected chi connectivity index (χ3v) is 3.98. The van der Waals surface area contributed by atoms with Crippen LogP contribution in [0.3, 0.4) is 0 Å². The lowest BCUT2D eigenvalue weighted by Crippen LogP contribution is -2.24. The third kappa shape index (κ3) is 5.21. The highest BCUT2D eigenvalue weighted by Gasteiger charge is 2.13. The molecule has 3 rings (SSSR count). The Morgan fingerprint density at radius 1 is 1.31 bits per heavy atom. The van der Waals surface area contributed by atoms with E-state index in [0.717, 1.165) is 40.6 Å². The van der Waals surface area contributed by atoms with Crippen molar-refractivity contribution in [2.75, 3.05) is 11.4 Å². The molecule has 0 bridgehead atoms. The van der Waals surface area contributed by atoms with E-state index in [-0.39, 0.29) is 30.9 Å². The maximum atomic E-state index is 11.6. The molecule has 0 aliphatic carbocycles. The monoisotopic (exact) mass is 395 g/mol. The summed E-state index contributed by atoms with van der Waals surface area (Å²) in [5.41, 5.74) is 9.77. The van der Waals surface area contributed by atoms with E-state index in [4.69, 9.17) is 10.2 Å². The minimum atomic E-state index is 0. The predicted octanol–water partition coefficient (Wildman–Crippen LogP) is 3.77. The zero-order valence-corrected chi connectivity index (χ0v) is 16.1. The fraction of sp³-hybridized carbons (Fsp3) is 0.263. The first-order chi connectivity index (χ1) is 11.7. The van der Waals surface area contributed by atoms with Gasteiger partial charge in [-0.25, -0.2) is 0 Å². The van der Waals surface area contributed by atoms with Gasteiger partial charge in [-0.05, 0) is 55.2 Å². The van der Waals surface area contributed by atoms with Crippen LogP contribution in [-0.2, 0) is 17.6 Å². The molecule has 2 aromatic heterocycles. The SMILES string of the molecule is CC(N)Cc1cc(N(C=O)CCc2cccnc2)cc2ccoc12.Cl.Cl. The number of hydrogen-bond donors (Lipinski definition) is 1. The Labute approximate surface area is 165 Å². The number of nitrogens with two attached hydrogens (primary N) is 1. The maximum absolute atomic E-state index is 11.6. The summed E-state index contributed by atoms with van der Waals surface area (Å²) in [6.07, 6.45) is 7.55. The van der Waals surface area contributed by atoms with E-state index in [0.29, 0.717) is 13.0 Å². The first-order valence-corrected chi connectivity index (χ1v) is 8.04. The summed E-state index contributed by atoms with van der Waals surface area (Å²) in [6, 6.07) is 9.81. The number of halogens is 2. The van der Waals surface area contributed by atoms with Crippen molar-refractivity contribution in [2.45, 2.75) is 25.8 Å². The van der Waals surface area contributed by atoms with E-state index in [9.17, 15) is 4.79 Å². The quantitative estimate of drug-likeness (QED) is 0.617. The van der Waals surface area contributed by atoms with Gasteiger partial charge < -0.3 is 15.1 Å². The van der Waals surface area contributed by atoms with Crippen molar-refractivity contribution in [1.29, 1.82) is 0 Å². The van der Waals surface area contributed by atoms with E-state index >= 15 is 0 Å². The number of carbonyl (C=O) groups excluding carboxylic acids is 1. The fourth-order valence-electron chi connectivity index (χ4n) is 2.84. The number of benzene rings is 1. The standard InChI is InChI=1S/C19H21N3O2.2ClH/c1-14(20)9-17-11-18(10-16-5-8-24-19(16)17)22(13-23)7-4-15-3-2-6-21-12-15;;/h2-3,5-6,8,10-14H,4,7,9,20H2,1H3;2*1H. The van der Waals surface area contributed by atoms with Gasteiger partial charge in [0.2, 0.25) is 6.41 Å². The summed E-state index contributed by atoms with van der Waals surface area (Å²) >= 11 is 0. The third-order valence-electron chi connectivity index (χ3n) is 3.98. The zero-order valence-electron chi connectivity index (χ0n) is 14.5. The predicted molar refractivity (Wildman–Crippen MR) is 109 cm³/mol. The average molecular weight is 396 g/mol. The van der Waals surface area contributed by atoms with Crippen molar-refractivity contribution < 1.29 is 9.21 Å². The zero-order chi connectivity index (χ0) is 16.9. The summed E-state index contributed by atoms with van der Waals surface area (Å²) in [5.74, 6) is 0. The smallest absolute Gasteiger partial charge is 0.214 e. The summed E-state index contributed by atoms with van der Waals surface area (Å²) in [5, 5.41) is 0.983. The van der Waals surface area contributed by atoms with Crippen molar-refractivity contribution in [3.8, 4) is 0 Å². The molecule has 0 aliphatic heterocycles. The fourth-order valence-corrected chi connectivity index (χ4v) is 2.84. The molecule has 1 amide bonds. The lowest BCUT2D eigenvalue weighted by Gasteiger charge is -2.19. The van der Waals surface area contributed by atoms with Crippen LogP contribution in [0.15, 0.2) is 53.4 Å². The van der Waals surface area contributed by atoms with E-state index < -0.39 is 0 Å². The largest absolute Gasteiger partial charge is 0.464 e. The number of aromatic nitrogens is 1. The van der Waals surface area contributed by atoms with Gasteiger partial charge in [-0.3, -0.25) is 9.78 Å². The Kier molecular flexibility index (Phi) is 8.58. The van der Waals surface area contributed by atoms with Crippen LogP contribution in [0, 0.1) is 0 Å². The molecule has 26 heavy (non-hydrogen) atoms. The second-order valence-electron chi connectivity index (χ2n) is 6.04. The molecule has 0 spiro atoms. The van der Waals surface area contributed by atoms with Crippen molar-refractivity contribution in [2.24, 2.45) is 5.73 Å². The van der Waals surface area contributed by atoms with Gasteiger partial charge >= 0.3 is 0 Å². The highest BCUT2D eigenvalue weighted by molar-refractivity contribution is 5.88. The molecule has 1 unspecified atom stereocenters. The van der Waals surface area contributed by atoms with Crippen LogP contribution in [0.2, 0.25) is 0 Å². The molecule has 0 aliphatic rings. The van der Waals surface area contributed by atoms with Crippen molar-refractivity contribution in [3.63, 3.8) is 0 Å². The Hall–Kier alpha value is -2.08. The number of nitrogens with zero attached hydrogens (tertiary/aromatic N) is 2. The number of carbonyl (C=O) groups is 1. The number of hydrogen-bond acceptors (Lipinski definition) is 4. The summed E-state index contributed by atoms with van der Waals surface area (Å²) in [4.78, 5) is 17.4. The van der Waals surface area contributed by atoms with Gasteiger partial charge in [-0.2, -0.15) is 0 Å². The normalized spacial score (nSPS) is 11.3. The number of fused-ring (bicyclic) bond motifs is 1. The number of amides is 1. The summed E-state index contributed by atoms with van der Waals surface area (Å²) in [6.45, 7) is 2.55. The Morgan fingerprint density at radius 3 is 2.77 bits per heavy atom. The highest BCUT2D eigenvalue weighted by atomic mass is 35.5. The molecule has 0 saturated carbocycles. The van der Waals surface area contributed by atoms with Gasteiger partial charge in [0, 0.05) is 36.1 Å². The summed E-state index contributed by atoms with van der Waals surface area (Å²) < 4.78 is 5.58. The van der Waals surface area contributed by atoms with E-state index in [1.807, 2.05) is 43.5 Å². The number of pyridine rings is 1. The number of furan rings is 1. The van der Waals surface area contributed by atoms with Crippen LogP contribution >= 0.6 is 24.8 Å². The van der Waals surface area contributed by atoms with Gasteiger partial charge in [-0.1, -0.05) is 6.07 Å². The molecule has 2 heterocycles. The Morgan fingerprint density at radius 2 is 2.12 bits per heavy atom. The average Bonchev–Trinajstić information content (AvgIpc) is 3.05. The highest BCUT2D eigenvalue weighted by Crippen LogP contribution is 2.28. The van der Waals surface area contributed by atoms with Gasteiger partial charge in [0.25, 0.3) is 0 Å². The molecule has 140 valence electrons. The molecule has 7 heteroatoms. The first-order valence-electron chi connectivity index (χ1n) is 8.04. The minimum Gasteiger partial charge on any atom is -0.464 e. The lowest BCUT2D eigenvalue weighted by molar-refractivity contribution is -0.107. The topological polar surface area (TPSA) is 72.4 Å². The van der Waals surface area contributed by atoms with Crippen LogP contribution in [0.1, 0.15) is 18.1 Å². The van der Waals surface area contributed by atoms with Crippen molar-refractivity contribution in [3.05, 3.63) is 60.1 Å². The van der Waals surface area contributed by atoms with Gasteiger partial charge in [0.05, 0.1) is 6.26 Å². The molecule has 1 atom stereocenters. The summed E-state index contributed by atoms with van der Waals surface area (Å²) in [7, 11) is 0. The molecule has 5 nitrogen and oxygen atoms in total. The van der Waals surface area contributed by atoms with Crippen molar-refractivity contribution in [1.82, 2.24) is 4.98 Å². The molecule has 0 saturated heterocycles. The lowest BCUT2D eigenvalue weighted by atomic mass is 10.0. The second kappa shape index (κ2) is 10.2. The molecule has 0 fully saturated rings. The Balaban J connectivity index is 0.00000169. The van der Waals surface area contributed by atoms with Gasteiger partial charge in [0.15, 0.2) is 0 Å². The maximum Gasteiger partial charge on any atom is 0.214 e. The van der Waals surface area contributed by atoms with Crippen LogP contribution in [0.5, 0.6) is 0 Å². The number of rotatable bonds is 7. The van der Waals surface area contributed by atoms with Crippen LogP contribution in [0.25, 0.3) is 11.0 Å². The van der Waals surface area contributed by atoms with Gasteiger partial charge in [0.1, 0.15) is 5.58 Å². The molecule has 2 N–H and O–H groups in total.